The van der Waals surface area contributed by atoms with Crippen molar-refractivity contribution in [3.8, 4) is 5.75 Å². The third-order valence-corrected chi connectivity index (χ3v) is 6.47. The van der Waals surface area contributed by atoms with Gasteiger partial charge in [0.15, 0.2) is 0 Å². The van der Waals surface area contributed by atoms with Crippen molar-refractivity contribution in [3.05, 3.63) is 23.2 Å². The lowest BCUT2D eigenvalue weighted by Gasteiger charge is -2.35. The van der Waals surface area contributed by atoms with Crippen molar-refractivity contribution in [1.82, 2.24) is 4.72 Å². The highest BCUT2D eigenvalue weighted by molar-refractivity contribution is 7.89. The van der Waals surface area contributed by atoms with Crippen LogP contribution in [-0.2, 0) is 14.8 Å². The lowest BCUT2D eigenvalue weighted by molar-refractivity contribution is -0.0599. The molecule has 1 aromatic rings. The fourth-order valence-corrected chi connectivity index (χ4v) is 4.85. The SMILES string of the molecule is CC1(C)C[C@@H](NS(=O)(=O)c2cc(Cl)ccc2OCCC2CC2)CCO1. The number of benzene rings is 1. The molecule has 140 valence electrons. The third kappa shape index (κ3) is 5.33. The van der Waals surface area contributed by atoms with Crippen molar-refractivity contribution in [2.75, 3.05) is 13.2 Å². The molecule has 0 unspecified atom stereocenters. The Morgan fingerprint density at radius 3 is 2.76 bits per heavy atom. The first kappa shape index (κ1) is 19.0. The highest BCUT2D eigenvalue weighted by Crippen LogP contribution is 2.34. The highest BCUT2D eigenvalue weighted by atomic mass is 35.5. The molecule has 7 heteroatoms. The van der Waals surface area contributed by atoms with E-state index in [9.17, 15) is 8.42 Å². The first-order chi connectivity index (χ1) is 11.8. The predicted octanol–water partition coefficient (Wildman–Crippen LogP) is 3.75. The Balaban J connectivity index is 1.74. The molecule has 1 aromatic carbocycles. The van der Waals surface area contributed by atoms with Gasteiger partial charge in [-0.1, -0.05) is 24.4 Å². The van der Waals surface area contributed by atoms with Crippen LogP contribution in [0.15, 0.2) is 23.1 Å². The summed E-state index contributed by atoms with van der Waals surface area (Å²) in [6.07, 6.45) is 4.74. The Hall–Kier alpha value is -0.820. The molecule has 1 aliphatic carbocycles. The summed E-state index contributed by atoms with van der Waals surface area (Å²) in [5, 5.41) is 0.377. The summed E-state index contributed by atoms with van der Waals surface area (Å²) in [6, 6.07) is 4.59. The molecule has 5 nitrogen and oxygen atoms in total. The second-order valence-electron chi connectivity index (χ2n) is 7.59. The zero-order chi connectivity index (χ0) is 18.1. The molecule has 1 saturated heterocycles. The molecule has 1 heterocycles. The van der Waals surface area contributed by atoms with Gasteiger partial charge in [-0.25, -0.2) is 13.1 Å². The fourth-order valence-electron chi connectivity index (χ4n) is 3.17. The lowest BCUT2D eigenvalue weighted by Crippen LogP contribution is -2.45. The maximum Gasteiger partial charge on any atom is 0.244 e. The van der Waals surface area contributed by atoms with Crippen LogP contribution >= 0.6 is 11.6 Å². The largest absolute Gasteiger partial charge is 0.492 e. The van der Waals surface area contributed by atoms with Gasteiger partial charge in [0.1, 0.15) is 10.6 Å². The molecule has 0 radical (unpaired) electrons. The van der Waals surface area contributed by atoms with E-state index >= 15 is 0 Å². The average Bonchev–Trinajstić information content (AvgIpc) is 3.31. The zero-order valence-electron chi connectivity index (χ0n) is 14.8. The Morgan fingerprint density at radius 1 is 1.32 bits per heavy atom. The molecule has 0 bridgehead atoms. The van der Waals surface area contributed by atoms with Crippen molar-refractivity contribution < 1.29 is 17.9 Å². The van der Waals surface area contributed by atoms with Gasteiger partial charge in [0.2, 0.25) is 10.0 Å². The monoisotopic (exact) mass is 387 g/mol. The summed E-state index contributed by atoms with van der Waals surface area (Å²) < 4.78 is 40.0. The number of rotatable bonds is 7. The minimum atomic E-state index is -3.71. The van der Waals surface area contributed by atoms with Crippen LogP contribution in [0.1, 0.15) is 46.0 Å². The third-order valence-electron chi connectivity index (χ3n) is 4.69. The zero-order valence-corrected chi connectivity index (χ0v) is 16.3. The molecule has 0 spiro atoms. The first-order valence-corrected chi connectivity index (χ1v) is 10.7. The normalized spacial score (nSPS) is 23.4. The first-order valence-electron chi connectivity index (χ1n) is 8.84. The van der Waals surface area contributed by atoms with Gasteiger partial charge in [0.05, 0.1) is 12.2 Å². The highest BCUT2D eigenvalue weighted by Gasteiger charge is 2.32. The number of hydrogen-bond donors (Lipinski definition) is 1. The standard InChI is InChI=1S/C18H26ClNO4S/c1-18(2)12-15(8-10-24-18)20-25(21,22)17-11-14(19)5-6-16(17)23-9-7-13-3-4-13/h5-6,11,13,15,20H,3-4,7-10,12H2,1-2H3/t15-/m0/s1. The summed E-state index contributed by atoms with van der Waals surface area (Å²) in [7, 11) is -3.71. The maximum atomic E-state index is 12.9. The number of nitrogens with one attached hydrogen (secondary N) is 1. The van der Waals surface area contributed by atoms with E-state index in [2.05, 4.69) is 4.72 Å². The van der Waals surface area contributed by atoms with E-state index in [1.54, 1.807) is 12.1 Å². The smallest absolute Gasteiger partial charge is 0.244 e. The lowest BCUT2D eigenvalue weighted by atomic mass is 9.95. The van der Waals surface area contributed by atoms with E-state index < -0.39 is 10.0 Å². The molecule has 0 aromatic heterocycles. The Kier molecular flexibility index (Phi) is 5.63. The van der Waals surface area contributed by atoms with Gasteiger partial charge in [0, 0.05) is 17.7 Å². The van der Waals surface area contributed by atoms with Gasteiger partial charge in [0.25, 0.3) is 0 Å². The van der Waals surface area contributed by atoms with Crippen LogP contribution in [0.2, 0.25) is 5.02 Å². The Bertz CT molecular complexity index is 716. The Labute approximate surface area is 155 Å². The minimum absolute atomic E-state index is 0.111. The number of sulfonamides is 1. The van der Waals surface area contributed by atoms with Crippen LogP contribution in [0.4, 0.5) is 0 Å². The molecule has 1 aliphatic heterocycles. The van der Waals surface area contributed by atoms with Crippen LogP contribution in [0, 0.1) is 5.92 Å². The Morgan fingerprint density at radius 2 is 2.08 bits per heavy atom. The van der Waals surface area contributed by atoms with Gasteiger partial charge in [-0.2, -0.15) is 0 Å². The van der Waals surface area contributed by atoms with Crippen molar-refractivity contribution in [2.24, 2.45) is 5.92 Å². The molecule has 2 fully saturated rings. The van der Waals surface area contributed by atoms with Gasteiger partial charge >= 0.3 is 0 Å². The molecule has 0 amide bonds. The summed E-state index contributed by atoms with van der Waals surface area (Å²) in [5.41, 5.74) is -0.330. The molecular formula is C18H26ClNO4S. The average molecular weight is 388 g/mol. The summed E-state index contributed by atoms with van der Waals surface area (Å²) in [5.74, 6) is 1.10. The van der Waals surface area contributed by atoms with E-state index in [1.165, 1.54) is 18.9 Å². The maximum absolute atomic E-state index is 12.9. The minimum Gasteiger partial charge on any atom is -0.492 e. The van der Waals surface area contributed by atoms with Crippen LogP contribution in [0.3, 0.4) is 0 Å². The second kappa shape index (κ2) is 7.43. The van der Waals surface area contributed by atoms with Crippen LogP contribution < -0.4 is 9.46 Å². The number of halogens is 1. The van der Waals surface area contributed by atoms with Crippen molar-refractivity contribution in [3.63, 3.8) is 0 Å². The molecule has 3 rings (SSSR count). The molecule has 2 aliphatic rings. The topological polar surface area (TPSA) is 64.6 Å². The van der Waals surface area contributed by atoms with E-state index in [1.807, 2.05) is 13.8 Å². The predicted molar refractivity (Wildman–Crippen MR) is 97.7 cm³/mol. The van der Waals surface area contributed by atoms with Crippen LogP contribution in [0.25, 0.3) is 0 Å². The van der Waals surface area contributed by atoms with E-state index in [0.717, 1.165) is 12.3 Å². The number of ether oxygens (including phenoxy) is 2. The van der Waals surface area contributed by atoms with E-state index in [0.29, 0.717) is 36.8 Å². The van der Waals surface area contributed by atoms with Gasteiger partial charge in [-0.05, 0) is 57.2 Å². The second-order valence-corrected chi connectivity index (χ2v) is 9.71. The molecule has 25 heavy (non-hydrogen) atoms. The molecule has 1 saturated carbocycles. The van der Waals surface area contributed by atoms with Gasteiger partial charge < -0.3 is 9.47 Å². The van der Waals surface area contributed by atoms with Crippen molar-refractivity contribution in [1.29, 1.82) is 0 Å². The van der Waals surface area contributed by atoms with E-state index in [-0.39, 0.29) is 16.5 Å². The summed E-state index contributed by atoms with van der Waals surface area (Å²) in [6.45, 7) is 5.01. The van der Waals surface area contributed by atoms with Crippen LogP contribution in [-0.4, -0.2) is 33.3 Å². The quantitative estimate of drug-likeness (QED) is 0.773. The van der Waals surface area contributed by atoms with E-state index in [4.69, 9.17) is 21.1 Å². The van der Waals surface area contributed by atoms with Gasteiger partial charge in [-0.3, -0.25) is 0 Å². The van der Waals surface area contributed by atoms with Gasteiger partial charge in [-0.15, -0.1) is 0 Å². The summed E-state index contributed by atoms with van der Waals surface area (Å²) >= 11 is 6.04. The molecule has 1 N–H and O–H groups in total. The van der Waals surface area contributed by atoms with Crippen LogP contribution in [0.5, 0.6) is 5.75 Å². The van der Waals surface area contributed by atoms with Crippen molar-refractivity contribution >= 4 is 21.6 Å². The summed E-state index contributed by atoms with van der Waals surface area (Å²) in [4.78, 5) is 0.111. The number of hydrogen-bond acceptors (Lipinski definition) is 4. The molecular weight excluding hydrogens is 362 g/mol. The molecule has 1 atom stereocenters. The fraction of sp³-hybridized carbons (Fsp3) is 0.667. The van der Waals surface area contributed by atoms with Crippen molar-refractivity contribution in [2.45, 2.75) is 62.5 Å².